The smallest absolute Gasteiger partial charge is 0.229 e. The lowest BCUT2D eigenvalue weighted by molar-refractivity contribution is 0.118. The molecule has 2 heterocycles. The molecule has 0 saturated carbocycles. The van der Waals surface area contributed by atoms with Crippen molar-refractivity contribution in [2.45, 2.75) is 32.8 Å². The third kappa shape index (κ3) is 6.37. The molecule has 0 aliphatic carbocycles. The zero-order chi connectivity index (χ0) is 20.6. The van der Waals surface area contributed by atoms with Gasteiger partial charge in [0.15, 0.2) is 5.11 Å². The number of anilines is 2. The van der Waals surface area contributed by atoms with Crippen LogP contribution in [0.2, 0.25) is 0 Å². The van der Waals surface area contributed by atoms with Crippen LogP contribution in [-0.4, -0.2) is 47.4 Å². The first-order valence-corrected chi connectivity index (χ1v) is 9.90. The average Bonchev–Trinajstić information content (AvgIpc) is 3.19. The highest BCUT2D eigenvalue weighted by Gasteiger charge is 2.16. The summed E-state index contributed by atoms with van der Waals surface area (Å²) < 4.78 is 11.0. The number of hydrogen-bond donors (Lipinski definition) is 3. The predicted molar refractivity (Wildman–Crippen MR) is 119 cm³/mol. The summed E-state index contributed by atoms with van der Waals surface area (Å²) in [6.45, 7) is 5.15. The average molecular weight is 415 g/mol. The molecule has 29 heavy (non-hydrogen) atoms. The number of thiocarbonyl (C=S) groups is 1. The van der Waals surface area contributed by atoms with Gasteiger partial charge >= 0.3 is 0 Å². The first-order valence-electron chi connectivity index (χ1n) is 9.50. The number of aryl methyl sites for hydroxylation is 2. The third-order valence-corrected chi connectivity index (χ3v) is 4.48. The third-order valence-electron chi connectivity index (χ3n) is 4.28. The van der Waals surface area contributed by atoms with Crippen molar-refractivity contribution in [3.63, 3.8) is 0 Å². The van der Waals surface area contributed by atoms with Crippen molar-refractivity contribution in [2.75, 3.05) is 30.9 Å². The molecule has 1 aromatic carbocycles. The highest BCUT2D eigenvalue weighted by Crippen LogP contribution is 2.22. The Morgan fingerprint density at radius 1 is 1.24 bits per heavy atom. The Morgan fingerprint density at radius 3 is 2.69 bits per heavy atom. The molecule has 0 radical (unpaired) electrons. The molecule has 2 aromatic rings. The van der Waals surface area contributed by atoms with Gasteiger partial charge < -0.3 is 20.1 Å². The number of para-hydroxylation sites is 2. The maximum Gasteiger partial charge on any atom is 0.229 e. The van der Waals surface area contributed by atoms with Gasteiger partial charge in [0, 0.05) is 18.0 Å². The van der Waals surface area contributed by atoms with Gasteiger partial charge in [-0.05, 0) is 57.1 Å². The molecular formula is C20H26N6O2S. The van der Waals surface area contributed by atoms with Crippen molar-refractivity contribution < 1.29 is 9.47 Å². The van der Waals surface area contributed by atoms with Gasteiger partial charge in [-0.25, -0.2) is 15.0 Å². The molecule has 1 aromatic heterocycles. The van der Waals surface area contributed by atoms with E-state index in [0.717, 1.165) is 36.5 Å². The molecule has 0 bridgehead atoms. The second-order valence-electron chi connectivity index (χ2n) is 6.70. The lowest BCUT2D eigenvalue weighted by atomic mass is 10.2. The summed E-state index contributed by atoms with van der Waals surface area (Å²) in [4.78, 5) is 13.4. The van der Waals surface area contributed by atoms with E-state index < -0.39 is 0 Å². The number of nitrogens with zero attached hydrogens (tertiary/aromatic N) is 3. The fourth-order valence-electron chi connectivity index (χ4n) is 2.99. The van der Waals surface area contributed by atoms with E-state index in [9.17, 15) is 0 Å². The number of aromatic nitrogens is 2. The second-order valence-corrected chi connectivity index (χ2v) is 7.11. The number of ether oxygens (including phenoxy) is 2. The fourth-order valence-corrected chi connectivity index (χ4v) is 3.20. The standard InChI is InChI=1S/C20H26N6O2S/c1-13-11-14(2)23-19(22-13)25-18(21-12-15-7-6-10-28-15)26-20(29)24-16-8-4-5-9-17(16)27-3/h4-5,8-9,11,15H,6-7,10,12H2,1-3H3,(H3,21,22,23,24,25,26,29). The van der Waals surface area contributed by atoms with Gasteiger partial charge in [-0.1, -0.05) is 12.1 Å². The molecule has 154 valence electrons. The summed E-state index contributed by atoms with van der Waals surface area (Å²) in [5.41, 5.74) is 2.50. The molecule has 8 nitrogen and oxygen atoms in total. The molecule has 3 rings (SSSR count). The van der Waals surface area contributed by atoms with Crippen molar-refractivity contribution in [2.24, 2.45) is 4.99 Å². The Bertz CT molecular complexity index is 863. The van der Waals surface area contributed by atoms with Gasteiger partial charge in [0.05, 0.1) is 25.4 Å². The minimum Gasteiger partial charge on any atom is -0.495 e. The minimum absolute atomic E-state index is 0.115. The zero-order valence-corrected chi connectivity index (χ0v) is 17.7. The molecular weight excluding hydrogens is 388 g/mol. The quantitative estimate of drug-likeness (QED) is 0.391. The number of nitrogens with one attached hydrogen (secondary N) is 3. The van der Waals surface area contributed by atoms with E-state index >= 15 is 0 Å². The molecule has 1 fully saturated rings. The van der Waals surface area contributed by atoms with E-state index in [1.54, 1.807) is 7.11 Å². The Kier molecular flexibility index (Phi) is 7.31. The molecule has 1 unspecified atom stereocenters. The van der Waals surface area contributed by atoms with E-state index in [2.05, 4.69) is 30.9 Å². The summed E-state index contributed by atoms with van der Waals surface area (Å²) in [6, 6.07) is 9.46. The number of hydrogen-bond acceptors (Lipinski definition) is 6. The van der Waals surface area contributed by atoms with E-state index in [1.807, 2.05) is 44.2 Å². The topological polar surface area (TPSA) is 92.7 Å². The summed E-state index contributed by atoms with van der Waals surface area (Å²) in [6.07, 6.45) is 2.18. The lowest BCUT2D eigenvalue weighted by Gasteiger charge is -2.16. The Hall–Kier alpha value is -2.78. The van der Waals surface area contributed by atoms with Crippen LogP contribution in [0.3, 0.4) is 0 Å². The lowest BCUT2D eigenvalue weighted by Crippen LogP contribution is -2.39. The highest BCUT2D eigenvalue weighted by atomic mass is 32.1. The van der Waals surface area contributed by atoms with Crippen molar-refractivity contribution in [3.05, 3.63) is 41.7 Å². The molecule has 0 spiro atoms. The van der Waals surface area contributed by atoms with Crippen molar-refractivity contribution in [3.8, 4) is 5.75 Å². The Labute approximate surface area is 176 Å². The van der Waals surface area contributed by atoms with Crippen molar-refractivity contribution in [1.82, 2.24) is 15.3 Å². The molecule has 1 atom stereocenters. The molecule has 1 aliphatic heterocycles. The highest BCUT2D eigenvalue weighted by molar-refractivity contribution is 7.80. The van der Waals surface area contributed by atoms with Crippen LogP contribution in [0.4, 0.5) is 11.6 Å². The minimum atomic E-state index is 0.115. The van der Waals surface area contributed by atoms with E-state index in [0.29, 0.717) is 29.3 Å². The van der Waals surface area contributed by atoms with Crippen molar-refractivity contribution >= 4 is 34.9 Å². The van der Waals surface area contributed by atoms with Crippen LogP contribution >= 0.6 is 12.2 Å². The normalized spacial score (nSPS) is 16.4. The molecule has 0 amide bonds. The summed E-state index contributed by atoms with van der Waals surface area (Å²) in [7, 11) is 1.62. The number of aliphatic imine (C=N–C) groups is 1. The zero-order valence-electron chi connectivity index (χ0n) is 16.9. The summed E-state index contributed by atoms with van der Waals surface area (Å²) in [5, 5.41) is 9.73. The number of methoxy groups -OCH3 is 1. The second kappa shape index (κ2) is 10.1. The van der Waals surface area contributed by atoms with Crippen LogP contribution in [0.1, 0.15) is 24.2 Å². The maximum atomic E-state index is 5.66. The van der Waals surface area contributed by atoms with Crippen LogP contribution < -0.4 is 20.7 Å². The number of guanidine groups is 1. The monoisotopic (exact) mass is 414 g/mol. The van der Waals surface area contributed by atoms with Gasteiger partial charge in [-0.15, -0.1) is 0 Å². The van der Waals surface area contributed by atoms with E-state index in [4.69, 9.17) is 21.7 Å². The van der Waals surface area contributed by atoms with Gasteiger partial charge in [0.1, 0.15) is 5.75 Å². The number of rotatable bonds is 5. The van der Waals surface area contributed by atoms with Crippen molar-refractivity contribution in [1.29, 1.82) is 0 Å². The van der Waals surface area contributed by atoms with Gasteiger partial charge in [0.25, 0.3) is 0 Å². The van der Waals surface area contributed by atoms with Gasteiger partial charge in [0.2, 0.25) is 11.9 Å². The predicted octanol–water partition coefficient (Wildman–Crippen LogP) is 3.04. The Morgan fingerprint density at radius 2 is 2.00 bits per heavy atom. The van der Waals surface area contributed by atoms with Gasteiger partial charge in [-0.2, -0.15) is 0 Å². The first-order chi connectivity index (χ1) is 14.0. The first kappa shape index (κ1) is 20.9. The summed E-state index contributed by atoms with van der Waals surface area (Å²) in [5.74, 6) is 1.61. The van der Waals surface area contributed by atoms with Crippen LogP contribution in [0, 0.1) is 13.8 Å². The molecule has 1 aliphatic rings. The molecule has 3 N–H and O–H groups in total. The maximum absolute atomic E-state index is 5.66. The van der Waals surface area contributed by atoms with Crippen LogP contribution in [0.5, 0.6) is 5.75 Å². The largest absolute Gasteiger partial charge is 0.495 e. The SMILES string of the molecule is COc1ccccc1NC(=S)NC(=NCC1CCCO1)Nc1nc(C)cc(C)n1. The van der Waals surface area contributed by atoms with Crippen LogP contribution in [0.15, 0.2) is 35.3 Å². The van der Waals surface area contributed by atoms with Crippen LogP contribution in [0.25, 0.3) is 0 Å². The van der Waals surface area contributed by atoms with E-state index in [1.165, 1.54) is 0 Å². The molecule has 9 heteroatoms. The number of benzene rings is 1. The summed E-state index contributed by atoms with van der Waals surface area (Å²) >= 11 is 5.47. The van der Waals surface area contributed by atoms with Crippen LogP contribution in [-0.2, 0) is 4.74 Å². The molecule has 1 saturated heterocycles. The Balaban J connectivity index is 1.72. The van der Waals surface area contributed by atoms with Gasteiger partial charge in [-0.3, -0.25) is 5.32 Å². The van der Waals surface area contributed by atoms with E-state index in [-0.39, 0.29) is 6.10 Å². The fraction of sp³-hybridized carbons (Fsp3) is 0.400.